The molecule has 0 unspecified atom stereocenters. The summed E-state index contributed by atoms with van der Waals surface area (Å²) < 4.78 is 6.43. The van der Waals surface area contributed by atoms with Gasteiger partial charge in [-0.1, -0.05) is 12.1 Å². The van der Waals surface area contributed by atoms with E-state index < -0.39 is 5.69 Å². The van der Waals surface area contributed by atoms with Gasteiger partial charge in [0.05, 0.1) is 24.1 Å². The van der Waals surface area contributed by atoms with Crippen LogP contribution in [-0.2, 0) is 16.1 Å². The van der Waals surface area contributed by atoms with Gasteiger partial charge in [-0.15, -0.1) is 0 Å². The summed E-state index contributed by atoms with van der Waals surface area (Å²) in [7, 11) is 0. The maximum absolute atomic E-state index is 12.4. The Morgan fingerprint density at radius 3 is 2.67 bits per heavy atom. The molecule has 2 heterocycles. The molecule has 0 saturated carbocycles. The van der Waals surface area contributed by atoms with Crippen LogP contribution in [0, 0.1) is 0 Å². The van der Waals surface area contributed by atoms with Crippen LogP contribution in [0.4, 0.5) is 0 Å². The van der Waals surface area contributed by atoms with Crippen molar-refractivity contribution in [1.82, 2.24) is 14.5 Å². The molecule has 0 aliphatic carbocycles. The minimum absolute atomic E-state index is 0.109. The molecule has 0 radical (unpaired) electrons. The third-order valence-electron chi connectivity index (χ3n) is 4.28. The Hall–Kier alpha value is -2.41. The molecule has 1 aromatic carbocycles. The minimum atomic E-state index is -0.404. The summed E-state index contributed by atoms with van der Waals surface area (Å²) in [5.41, 5.74) is -0.140. The Bertz CT molecular complexity index is 834. The van der Waals surface area contributed by atoms with Gasteiger partial charge in [0.2, 0.25) is 5.91 Å². The first-order chi connectivity index (χ1) is 11.7. The Morgan fingerprint density at radius 1 is 1.12 bits per heavy atom. The van der Waals surface area contributed by atoms with Gasteiger partial charge in [0.15, 0.2) is 0 Å². The highest BCUT2D eigenvalue weighted by Gasteiger charge is 2.16. The first kappa shape index (κ1) is 16.4. The van der Waals surface area contributed by atoms with Crippen molar-refractivity contribution in [3.63, 3.8) is 0 Å². The summed E-state index contributed by atoms with van der Waals surface area (Å²) in [5.74, 6) is 0.109. The largest absolute Gasteiger partial charge is 0.378 e. The van der Waals surface area contributed by atoms with Crippen LogP contribution in [-0.4, -0.2) is 46.7 Å². The van der Waals surface area contributed by atoms with Gasteiger partial charge < -0.3 is 14.6 Å². The highest BCUT2D eigenvalue weighted by molar-refractivity contribution is 5.77. The standard InChI is InChI=1S/C17H21N3O4/c21-15(19-9-11-24-12-10-19)7-3-4-8-20-16(22)13-5-1-2-6-14(13)18-17(20)23/h1-2,5-6H,3-4,7-12H2,(H,18,23). The number of amides is 1. The molecule has 1 aliphatic heterocycles. The van der Waals surface area contributed by atoms with Crippen molar-refractivity contribution >= 4 is 16.8 Å². The molecular weight excluding hydrogens is 310 g/mol. The fourth-order valence-electron chi connectivity index (χ4n) is 2.92. The molecule has 3 rings (SSSR count). The smallest absolute Gasteiger partial charge is 0.328 e. The van der Waals surface area contributed by atoms with Crippen molar-refractivity contribution in [2.24, 2.45) is 0 Å². The molecule has 128 valence electrons. The minimum Gasteiger partial charge on any atom is -0.378 e. The molecule has 1 N–H and O–H groups in total. The molecule has 1 fully saturated rings. The van der Waals surface area contributed by atoms with Crippen molar-refractivity contribution < 1.29 is 9.53 Å². The van der Waals surface area contributed by atoms with Crippen LogP contribution in [0.5, 0.6) is 0 Å². The van der Waals surface area contributed by atoms with Crippen molar-refractivity contribution in [1.29, 1.82) is 0 Å². The molecule has 0 bridgehead atoms. The number of fused-ring (bicyclic) bond motifs is 1. The summed E-state index contributed by atoms with van der Waals surface area (Å²) in [5, 5.41) is 0.501. The summed E-state index contributed by atoms with van der Waals surface area (Å²) in [4.78, 5) is 41.0. The van der Waals surface area contributed by atoms with E-state index in [1.54, 1.807) is 29.2 Å². The number of benzene rings is 1. The van der Waals surface area contributed by atoms with Gasteiger partial charge in [-0.3, -0.25) is 14.2 Å². The van der Waals surface area contributed by atoms with Gasteiger partial charge in [-0.05, 0) is 25.0 Å². The van der Waals surface area contributed by atoms with E-state index in [4.69, 9.17) is 4.74 Å². The number of hydrogen-bond donors (Lipinski definition) is 1. The molecule has 2 aromatic rings. The summed E-state index contributed by atoms with van der Waals surface area (Å²) >= 11 is 0. The van der Waals surface area contributed by atoms with E-state index in [0.717, 1.165) is 0 Å². The van der Waals surface area contributed by atoms with E-state index in [9.17, 15) is 14.4 Å². The topological polar surface area (TPSA) is 84.4 Å². The number of carbonyl (C=O) groups is 1. The van der Waals surface area contributed by atoms with Crippen molar-refractivity contribution in [3.05, 3.63) is 45.1 Å². The van der Waals surface area contributed by atoms with Crippen molar-refractivity contribution in [3.8, 4) is 0 Å². The number of morpholine rings is 1. The maximum Gasteiger partial charge on any atom is 0.328 e. The molecular formula is C17H21N3O4. The summed E-state index contributed by atoms with van der Waals surface area (Å²) in [6, 6.07) is 6.96. The number of H-pyrrole nitrogens is 1. The van der Waals surface area contributed by atoms with E-state index in [1.165, 1.54) is 4.57 Å². The van der Waals surface area contributed by atoms with Crippen LogP contribution >= 0.6 is 0 Å². The summed E-state index contributed by atoms with van der Waals surface area (Å²) in [6.45, 7) is 2.78. The van der Waals surface area contributed by atoms with E-state index in [1.807, 2.05) is 0 Å². The van der Waals surface area contributed by atoms with Gasteiger partial charge in [-0.2, -0.15) is 0 Å². The molecule has 24 heavy (non-hydrogen) atoms. The fraction of sp³-hybridized carbons (Fsp3) is 0.471. The molecule has 7 heteroatoms. The average molecular weight is 331 g/mol. The number of carbonyl (C=O) groups excluding carboxylic acids is 1. The van der Waals surface area contributed by atoms with Gasteiger partial charge >= 0.3 is 5.69 Å². The lowest BCUT2D eigenvalue weighted by atomic mass is 10.2. The second-order valence-corrected chi connectivity index (χ2v) is 5.88. The number of aromatic nitrogens is 2. The van der Waals surface area contributed by atoms with Gasteiger partial charge in [-0.25, -0.2) is 4.79 Å². The quantitative estimate of drug-likeness (QED) is 0.818. The zero-order valence-electron chi connectivity index (χ0n) is 13.5. The number of hydrogen-bond acceptors (Lipinski definition) is 4. The average Bonchev–Trinajstić information content (AvgIpc) is 2.61. The first-order valence-corrected chi connectivity index (χ1v) is 8.24. The third kappa shape index (κ3) is 3.56. The Labute approximate surface area is 138 Å². The zero-order valence-corrected chi connectivity index (χ0v) is 13.5. The van der Waals surface area contributed by atoms with E-state index in [0.29, 0.717) is 63.0 Å². The van der Waals surface area contributed by atoms with E-state index in [2.05, 4.69) is 4.98 Å². The number of unbranched alkanes of at least 4 members (excludes halogenated alkanes) is 1. The molecule has 1 amide bonds. The monoisotopic (exact) mass is 331 g/mol. The van der Waals surface area contributed by atoms with E-state index >= 15 is 0 Å². The molecule has 0 spiro atoms. The number of ether oxygens (including phenoxy) is 1. The van der Waals surface area contributed by atoms with E-state index in [-0.39, 0.29) is 11.5 Å². The van der Waals surface area contributed by atoms with Crippen LogP contribution in [0.25, 0.3) is 10.9 Å². The Morgan fingerprint density at radius 2 is 1.88 bits per heavy atom. The molecule has 1 aromatic heterocycles. The number of rotatable bonds is 5. The fourth-order valence-corrected chi connectivity index (χ4v) is 2.92. The highest BCUT2D eigenvalue weighted by atomic mass is 16.5. The van der Waals surface area contributed by atoms with Crippen LogP contribution in [0.2, 0.25) is 0 Å². The number of nitrogens with one attached hydrogen (secondary N) is 1. The second kappa shape index (κ2) is 7.44. The molecule has 7 nitrogen and oxygen atoms in total. The van der Waals surface area contributed by atoms with Gasteiger partial charge in [0.1, 0.15) is 0 Å². The molecule has 1 aliphatic rings. The lowest BCUT2D eigenvalue weighted by molar-refractivity contribution is -0.135. The normalized spacial score (nSPS) is 14.9. The highest BCUT2D eigenvalue weighted by Crippen LogP contribution is 2.06. The predicted octanol–water partition coefficient (Wildman–Crippen LogP) is 0.719. The first-order valence-electron chi connectivity index (χ1n) is 8.24. The van der Waals surface area contributed by atoms with Gasteiger partial charge in [0.25, 0.3) is 5.56 Å². The second-order valence-electron chi connectivity index (χ2n) is 5.88. The molecule has 0 atom stereocenters. The number of para-hydroxylation sites is 1. The van der Waals surface area contributed by atoms with Crippen LogP contribution in [0.15, 0.2) is 33.9 Å². The lowest BCUT2D eigenvalue weighted by Crippen LogP contribution is -2.40. The zero-order chi connectivity index (χ0) is 16.9. The number of nitrogens with zero attached hydrogens (tertiary/aromatic N) is 2. The van der Waals surface area contributed by atoms with Crippen LogP contribution in [0.3, 0.4) is 0 Å². The SMILES string of the molecule is O=C(CCCCn1c(=O)[nH]c2ccccc2c1=O)N1CCOCC1. The van der Waals surface area contributed by atoms with Gasteiger partial charge in [0, 0.05) is 26.1 Å². The lowest BCUT2D eigenvalue weighted by Gasteiger charge is -2.26. The third-order valence-corrected chi connectivity index (χ3v) is 4.28. The predicted molar refractivity (Wildman–Crippen MR) is 90.1 cm³/mol. The summed E-state index contributed by atoms with van der Waals surface area (Å²) in [6.07, 6.45) is 1.69. The Balaban J connectivity index is 1.59. The van der Waals surface area contributed by atoms with Crippen molar-refractivity contribution in [2.75, 3.05) is 26.3 Å². The Kier molecular flexibility index (Phi) is 5.10. The maximum atomic E-state index is 12.4. The van der Waals surface area contributed by atoms with Crippen LogP contribution < -0.4 is 11.2 Å². The number of aromatic amines is 1. The van der Waals surface area contributed by atoms with Crippen molar-refractivity contribution in [2.45, 2.75) is 25.8 Å². The molecule has 1 saturated heterocycles. The van der Waals surface area contributed by atoms with Crippen LogP contribution in [0.1, 0.15) is 19.3 Å².